The van der Waals surface area contributed by atoms with Crippen LogP contribution in [0.1, 0.15) is 5.56 Å². The zero-order valence-electron chi connectivity index (χ0n) is 13.6. The summed E-state index contributed by atoms with van der Waals surface area (Å²) in [4.78, 5) is 0. The number of anilines is 1. The summed E-state index contributed by atoms with van der Waals surface area (Å²) in [5.74, 6) is 1.68. The van der Waals surface area contributed by atoms with Gasteiger partial charge in [-0.2, -0.15) is 0 Å². The molecule has 0 radical (unpaired) electrons. The molecule has 4 heteroatoms. The number of aromatic hydroxyl groups is 1. The van der Waals surface area contributed by atoms with Gasteiger partial charge in [-0.1, -0.05) is 36.4 Å². The quantitative estimate of drug-likeness (QED) is 0.705. The fourth-order valence-corrected chi connectivity index (χ4v) is 1.91. The first kappa shape index (κ1) is 17.2. The van der Waals surface area contributed by atoms with Gasteiger partial charge < -0.3 is 20.3 Å². The third-order valence-corrected chi connectivity index (χ3v) is 3.18. The first-order valence-corrected chi connectivity index (χ1v) is 7.52. The van der Waals surface area contributed by atoms with Crippen LogP contribution in [0, 0.1) is 0 Å². The lowest BCUT2D eigenvalue weighted by Crippen LogP contribution is -1.95. The molecule has 0 aliphatic carbocycles. The van der Waals surface area contributed by atoms with Gasteiger partial charge in [-0.3, -0.25) is 0 Å². The predicted molar refractivity (Wildman–Crippen MR) is 96.3 cm³/mol. The molecule has 24 heavy (non-hydrogen) atoms. The molecule has 0 spiro atoms. The van der Waals surface area contributed by atoms with Gasteiger partial charge in [0.25, 0.3) is 0 Å². The molecule has 0 aliphatic heterocycles. The van der Waals surface area contributed by atoms with E-state index in [0.29, 0.717) is 12.4 Å². The van der Waals surface area contributed by atoms with E-state index in [9.17, 15) is 5.11 Å². The minimum Gasteiger partial charge on any atom is -0.508 e. The van der Waals surface area contributed by atoms with Crippen molar-refractivity contribution in [3.05, 3.63) is 84.4 Å². The van der Waals surface area contributed by atoms with Gasteiger partial charge in [-0.25, -0.2) is 0 Å². The highest BCUT2D eigenvalue weighted by Crippen LogP contribution is 2.19. The first-order chi connectivity index (χ1) is 11.7. The highest BCUT2D eigenvalue weighted by Gasteiger charge is 1.98. The summed E-state index contributed by atoms with van der Waals surface area (Å²) in [5.41, 5.74) is 7.23. The van der Waals surface area contributed by atoms with E-state index >= 15 is 0 Å². The van der Waals surface area contributed by atoms with Crippen molar-refractivity contribution < 1.29 is 14.6 Å². The van der Waals surface area contributed by atoms with Crippen LogP contribution in [0.2, 0.25) is 0 Å². The molecular weight excluding hydrogens is 302 g/mol. The number of phenols is 1. The number of para-hydroxylation sites is 1. The third kappa shape index (κ3) is 5.93. The largest absolute Gasteiger partial charge is 0.508 e. The average Bonchev–Trinajstić information content (AvgIpc) is 2.62. The number of hydrogen-bond donors (Lipinski definition) is 2. The van der Waals surface area contributed by atoms with Gasteiger partial charge >= 0.3 is 0 Å². The highest BCUT2D eigenvalue weighted by atomic mass is 16.5. The summed E-state index contributed by atoms with van der Waals surface area (Å²) in [6.45, 7) is 0.466. The minimum atomic E-state index is 0.206. The second-order valence-corrected chi connectivity index (χ2v) is 5.04. The van der Waals surface area contributed by atoms with E-state index in [1.54, 1.807) is 25.3 Å². The van der Waals surface area contributed by atoms with Crippen LogP contribution in [-0.4, -0.2) is 12.2 Å². The number of hydrogen-bond acceptors (Lipinski definition) is 4. The Morgan fingerprint density at radius 2 is 1.54 bits per heavy atom. The molecule has 0 fully saturated rings. The molecule has 4 nitrogen and oxygen atoms in total. The van der Waals surface area contributed by atoms with Crippen LogP contribution in [-0.2, 0) is 6.61 Å². The molecule has 0 aliphatic rings. The number of phenolic OH excluding ortho intramolecular Hbond substituents is 1. The molecule has 3 aromatic rings. The van der Waals surface area contributed by atoms with E-state index in [2.05, 4.69) is 0 Å². The Balaban J connectivity index is 0.000000249. The lowest BCUT2D eigenvalue weighted by molar-refractivity contribution is 0.304. The maximum absolute atomic E-state index is 9.28. The van der Waals surface area contributed by atoms with Gasteiger partial charge in [0.15, 0.2) is 0 Å². The van der Waals surface area contributed by atoms with Crippen LogP contribution in [0.25, 0.3) is 0 Å². The number of rotatable bonds is 4. The van der Waals surface area contributed by atoms with Crippen molar-refractivity contribution in [2.75, 3.05) is 12.8 Å². The van der Waals surface area contributed by atoms with Crippen molar-refractivity contribution in [1.29, 1.82) is 0 Å². The summed E-state index contributed by atoms with van der Waals surface area (Å²) in [5, 5.41) is 9.28. The fourth-order valence-electron chi connectivity index (χ4n) is 1.91. The minimum absolute atomic E-state index is 0.206. The van der Waals surface area contributed by atoms with Crippen LogP contribution in [0.15, 0.2) is 78.9 Å². The molecule has 0 saturated carbocycles. The molecule has 3 aromatic carbocycles. The Kier molecular flexibility index (Phi) is 6.53. The molecule has 0 amide bonds. The van der Waals surface area contributed by atoms with E-state index in [0.717, 1.165) is 17.0 Å². The molecule has 3 rings (SSSR count). The van der Waals surface area contributed by atoms with Crippen LogP contribution in [0.5, 0.6) is 17.2 Å². The topological polar surface area (TPSA) is 64.7 Å². The summed E-state index contributed by atoms with van der Waals surface area (Å²) >= 11 is 0. The maximum atomic E-state index is 9.28. The molecule has 0 unspecified atom stereocenters. The number of methoxy groups -OCH3 is 1. The van der Waals surface area contributed by atoms with E-state index in [1.807, 2.05) is 60.7 Å². The molecule has 0 heterocycles. The van der Waals surface area contributed by atoms with E-state index in [4.69, 9.17) is 15.2 Å². The van der Waals surface area contributed by atoms with E-state index in [-0.39, 0.29) is 5.75 Å². The van der Waals surface area contributed by atoms with Crippen molar-refractivity contribution in [3.8, 4) is 17.2 Å². The van der Waals surface area contributed by atoms with Crippen LogP contribution < -0.4 is 15.2 Å². The molecule has 0 bridgehead atoms. The second kappa shape index (κ2) is 9.10. The van der Waals surface area contributed by atoms with Crippen molar-refractivity contribution in [1.82, 2.24) is 0 Å². The summed E-state index contributed by atoms with van der Waals surface area (Å²) in [6, 6.07) is 23.9. The van der Waals surface area contributed by atoms with Crippen LogP contribution in [0.3, 0.4) is 0 Å². The predicted octanol–water partition coefficient (Wildman–Crippen LogP) is 4.25. The lowest BCUT2D eigenvalue weighted by atomic mass is 10.2. The van der Waals surface area contributed by atoms with Gasteiger partial charge in [-0.05, 0) is 42.0 Å². The van der Waals surface area contributed by atoms with E-state index in [1.165, 1.54) is 0 Å². The normalized spacial score (nSPS) is 9.54. The van der Waals surface area contributed by atoms with Crippen LogP contribution in [0.4, 0.5) is 5.69 Å². The molecule has 124 valence electrons. The molecular formula is C20H21NO3. The number of nitrogens with two attached hydrogens (primary N) is 1. The zero-order chi connectivity index (χ0) is 17.2. The molecule has 3 N–H and O–H groups in total. The van der Waals surface area contributed by atoms with Crippen LogP contribution >= 0.6 is 0 Å². The van der Waals surface area contributed by atoms with Crippen molar-refractivity contribution in [2.24, 2.45) is 0 Å². The highest BCUT2D eigenvalue weighted by molar-refractivity contribution is 5.36. The summed E-state index contributed by atoms with van der Waals surface area (Å²) in [6.07, 6.45) is 0. The Morgan fingerprint density at radius 1 is 0.833 bits per heavy atom. The van der Waals surface area contributed by atoms with Crippen molar-refractivity contribution in [2.45, 2.75) is 6.61 Å². The standard InChI is InChI=1S/C14H14O3.C6H7N/c1-16-13-7-5-11(6-8-13)10-17-14-4-2-3-12(15)9-14;7-6-4-2-1-3-5-6/h2-9,15H,10H2,1H3;1-5H,7H2. The van der Waals surface area contributed by atoms with Gasteiger partial charge in [0.2, 0.25) is 0 Å². The third-order valence-electron chi connectivity index (χ3n) is 3.18. The Hall–Kier alpha value is -3.14. The number of benzene rings is 3. The molecule has 0 atom stereocenters. The zero-order valence-corrected chi connectivity index (χ0v) is 13.6. The second-order valence-electron chi connectivity index (χ2n) is 5.04. The van der Waals surface area contributed by atoms with Gasteiger partial charge in [0.05, 0.1) is 7.11 Å². The fraction of sp³-hybridized carbons (Fsp3) is 0.100. The first-order valence-electron chi connectivity index (χ1n) is 7.52. The lowest BCUT2D eigenvalue weighted by Gasteiger charge is -2.07. The van der Waals surface area contributed by atoms with Gasteiger partial charge in [0.1, 0.15) is 23.9 Å². The monoisotopic (exact) mass is 323 g/mol. The van der Waals surface area contributed by atoms with Gasteiger partial charge in [-0.15, -0.1) is 0 Å². The number of nitrogen functional groups attached to an aromatic ring is 1. The maximum Gasteiger partial charge on any atom is 0.123 e. The Bertz CT molecular complexity index is 727. The van der Waals surface area contributed by atoms with Crippen molar-refractivity contribution >= 4 is 5.69 Å². The smallest absolute Gasteiger partial charge is 0.123 e. The summed E-state index contributed by atoms with van der Waals surface area (Å²) < 4.78 is 10.6. The number of ether oxygens (including phenoxy) is 2. The Morgan fingerprint density at radius 3 is 2.08 bits per heavy atom. The molecule has 0 aromatic heterocycles. The van der Waals surface area contributed by atoms with E-state index < -0.39 is 0 Å². The SMILES string of the molecule is COc1ccc(COc2cccc(O)c2)cc1.Nc1ccccc1. The Labute approximate surface area is 142 Å². The summed E-state index contributed by atoms with van der Waals surface area (Å²) in [7, 11) is 1.64. The van der Waals surface area contributed by atoms with Gasteiger partial charge in [0, 0.05) is 11.8 Å². The molecule has 0 saturated heterocycles. The average molecular weight is 323 g/mol. The van der Waals surface area contributed by atoms with Crippen molar-refractivity contribution in [3.63, 3.8) is 0 Å².